The smallest absolute Gasteiger partial charge is 0.146 e. The summed E-state index contributed by atoms with van der Waals surface area (Å²) >= 11 is 0. The summed E-state index contributed by atoms with van der Waals surface area (Å²) in [5, 5.41) is 1.29. The minimum absolute atomic E-state index is 0.155. The fourth-order valence-electron chi connectivity index (χ4n) is 9.98. The minimum Gasteiger partial charge on any atom is -0.359 e. The van der Waals surface area contributed by atoms with Crippen molar-refractivity contribution in [1.82, 2.24) is 0 Å². The van der Waals surface area contributed by atoms with Crippen LogP contribution in [0.1, 0.15) is 44.5 Å². The number of ether oxygens (including phenoxy) is 16. The number of benzene rings is 7. The standard InChI is InChI=1S/C69H86O16Si/c1-70-41-78-33-49-12-50(34-79-42-71-2)17-57(16-49)61-24-62(58-18-51(35-80-43-72-3)13-52(19-58)36-81-44-73-4)27-65(26-61)67-30-68(32-69(31-67)86(9,10)11)66-28-63(59-20-53(37-82-45-74-5)14-54(21-59)38-83-46-75-6)25-64(29-66)60-22-55(39-84-47-76-7)15-56(23-60)40-85-48-77-8/h12-32H,33-48H2,1-11H3. The molecule has 0 fully saturated rings. The number of hydrogen-bond acceptors (Lipinski definition) is 16. The SMILES string of the molecule is COCOCc1cc(COCOC)cc(-c2cc(-c3cc(COCOC)cc(COCOC)c3)cc(-c3cc(-c4cc(-c5cc(COCOC)cc(COCOC)c5)cc(-c5cc(COCOC)cc(COCOC)c5)c4)cc([Si](C)(C)C)c3)c2)c1. The zero-order valence-electron chi connectivity index (χ0n) is 52.0. The molecule has 0 aromatic heterocycles. The molecule has 0 amide bonds. The van der Waals surface area contributed by atoms with Gasteiger partial charge in [-0.2, -0.15) is 0 Å². The van der Waals surface area contributed by atoms with Crippen LogP contribution in [-0.4, -0.2) is 119 Å². The first-order valence-corrected chi connectivity index (χ1v) is 31.9. The minimum atomic E-state index is -2.05. The van der Waals surface area contributed by atoms with E-state index in [9.17, 15) is 0 Å². The second kappa shape index (κ2) is 35.8. The molecule has 0 saturated carbocycles. The van der Waals surface area contributed by atoms with Gasteiger partial charge in [0.05, 0.1) is 60.9 Å². The van der Waals surface area contributed by atoms with Crippen LogP contribution in [0, 0.1) is 0 Å². The Balaban J connectivity index is 1.51. The first-order valence-electron chi connectivity index (χ1n) is 28.4. The molecule has 0 radical (unpaired) electrons. The molecular weight excluding hydrogens is 1110 g/mol. The monoisotopic (exact) mass is 1200 g/mol. The average molecular weight is 1200 g/mol. The van der Waals surface area contributed by atoms with Gasteiger partial charge in [-0.1, -0.05) is 61.2 Å². The van der Waals surface area contributed by atoms with Crippen LogP contribution in [-0.2, 0) is 129 Å². The third-order valence-electron chi connectivity index (χ3n) is 13.6. The Labute approximate surface area is 509 Å². The second-order valence-corrected chi connectivity index (χ2v) is 26.9. The second-order valence-electron chi connectivity index (χ2n) is 21.8. The van der Waals surface area contributed by atoms with Crippen LogP contribution in [0.4, 0.5) is 0 Å². The van der Waals surface area contributed by atoms with E-state index in [0.717, 1.165) is 111 Å². The van der Waals surface area contributed by atoms with E-state index in [4.69, 9.17) is 75.8 Å². The third-order valence-corrected chi connectivity index (χ3v) is 15.7. The van der Waals surface area contributed by atoms with Gasteiger partial charge in [0.25, 0.3) is 0 Å². The lowest BCUT2D eigenvalue weighted by molar-refractivity contribution is -0.0408. The summed E-state index contributed by atoms with van der Waals surface area (Å²) < 4.78 is 89.9. The summed E-state index contributed by atoms with van der Waals surface area (Å²) in [5.41, 5.74) is 19.9. The molecule has 0 N–H and O–H groups in total. The summed E-state index contributed by atoms with van der Waals surface area (Å²) in [4.78, 5) is 0. The first kappa shape index (κ1) is 67.6. The molecule has 0 heterocycles. The zero-order valence-corrected chi connectivity index (χ0v) is 53.0. The van der Waals surface area contributed by atoms with E-state index in [-0.39, 0.29) is 54.3 Å². The summed E-state index contributed by atoms with van der Waals surface area (Å²) in [6.45, 7) is 11.1. The highest BCUT2D eigenvalue weighted by molar-refractivity contribution is 6.88. The van der Waals surface area contributed by atoms with Gasteiger partial charge in [0, 0.05) is 56.9 Å². The highest BCUT2D eigenvalue weighted by atomic mass is 28.3. The van der Waals surface area contributed by atoms with Crippen molar-refractivity contribution in [1.29, 1.82) is 0 Å². The topological polar surface area (TPSA) is 148 Å². The van der Waals surface area contributed by atoms with E-state index in [1.165, 1.54) is 5.19 Å². The van der Waals surface area contributed by atoms with Gasteiger partial charge in [-0.3, -0.25) is 0 Å². The quantitative estimate of drug-likeness (QED) is 0.0204. The van der Waals surface area contributed by atoms with Gasteiger partial charge in [-0.15, -0.1) is 0 Å². The Morgan fingerprint density at radius 2 is 0.337 bits per heavy atom. The predicted octanol–water partition coefficient (Wildman–Crippen LogP) is 13.2. The van der Waals surface area contributed by atoms with Crippen LogP contribution in [0.2, 0.25) is 19.6 Å². The van der Waals surface area contributed by atoms with Crippen LogP contribution in [0.5, 0.6) is 0 Å². The summed E-state index contributed by atoms with van der Waals surface area (Å²) in [6, 6.07) is 46.6. The Kier molecular flexibility index (Phi) is 28.2. The van der Waals surface area contributed by atoms with Crippen LogP contribution in [0.15, 0.2) is 127 Å². The maximum Gasteiger partial charge on any atom is 0.146 e. The van der Waals surface area contributed by atoms with Crippen molar-refractivity contribution in [3.8, 4) is 66.8 Å². The Bertz CT molecular complexity index is 2710. The van der Waals surface area contributed by atoms with Crippen LogP contribution < -0.4 is 5.19 Å². The van der Waals surface area contributed by atoms with Crippen LogP contribution in [0.3, 0.4) is 0 Å². The van der Waals surface area contributed by atoms with E-state index >= 15 is 0 Å². The van der Waals surface area contributed by atoms with Gasteiger partial charge in [-0.05, 0) is 202 Å². The molecular formula is C69H86O16Si. The largest absolute Gasteiger partial charge is 0.359 e. The molecule has 7 aromatic rings. The van der Waals surface area contributed by atoms with Crippen molar-refractivity contribution < 1.29 is 75.8 Å². The van der Waals surface area contributed by atoms with Crippen molar-refractivity contribution >= 4 is 13.3 Å². The maximum absolute atomic E-state index is 5.94. The van der Waals surface area contributed by atoms with Crippen molar-refractivity contribution in [2.75, 3.05) is 111 Å². The Morgan fingerprint density at radius 1 is 0.198 bits per heavy atom. The molecule has 462 valence electrons. The molecule has 7 rings (SSSR count). The number of hydrogen-bond donors (Lipinski definition) is 0. The lowest BCUT2D eigenvalue weighted by Crippen LogP contribution is -2.37. The van der Waals surface area contributed by atoms with E-state index in [2.05, 4.69) is 147 Å². The van der Waals surface area contributed by atoms with Gasteiger partial charge in [0.15, 0.2) is 0 Å². The molecule has 16 nitrogen and oxygen atoms in total. The van der Waals surface area contributed by atoms with E-state index in [1.807, 2.05) is 0 Å². The highest BCUT2D eigenvalue weighted by Gasteiger charge is 2.22. The molecule has 0 aliphatic carbocycles. The maximum atomic E-state index is 5.94. The molecule has 0 unspecified atom stereocenters. The molecule has 0 spiro atoms. The lowest BCUT2D eigenvalue weighted by Gasteiger charge is -2.22. The molecule has 7 aromatic carbocycles. The molecule has 0 aliphatic heterocycles. The average Bonchev–Trinajstić information content (AvgIpc) is 1.63. The third kappa shape index (κ3) is 21.2. The summed E-state index contributed by atoms with van der Waals surface area (Å²) in [6.07, 6.45) is 0. The van der Waals surface area contributed by atoms with E-state index in [1.54, 1.807) is 56.9 Å². The van der Waals surface area contributed by atoms with Gasteiger partial charge in [-0.25, -0.2) is 0 Å². The van der Waals surface area contributed by atoms with Gasteiger partial charge < -0.3 is 75.8 Å². The fraction of sp³-hybridized carbons (Fsp3) is 0.391. The van der Waals surface area contributed by atoms with Gasteiger partial charge in [0.1, 0.15) is 54.3 Å². The number of rotatable bonds is 39. The fourth-order valence-corrected chi connectivity index (χ4v) is 11.2. The Hall–Kier alpha value is -5.88. The highest BCUT2D eigenvalue weighted by Crippen LogP contribution is 2.39. The van der Waals surface area contributed by atoms with Crippen molar-refractivity contribution in [3.05, 3.63) is 172 Å². The molecule has 86 heavy (non-hydrogen) atoms. The van der Waals surface area contributed by atoms with Crippen molar-refractivity contribution in [2.45, 2.75) is 72.5 Å². The molecule has 17 heteroatoms. The van der Waals surface area contributed by atoms with Crippen LogP contribution in [0.25, 0.3) is 66.8 Å². The first-order chi connectivity index (χ1) is 41.9. The number of methoxy groups -OCH3 is 8. The Morgan fingerprint density at radius 3 is 0.477 bits per heavy atom. The molecule has 0 saturated heterocycles. The van der Waals surface area contributed by atoms with Gasteiger partial charge >= 0.3 is 0 Å². The molecule has 0 bridgehead atoms. The van der Waals surface area contributed by atoms with E-state index < -0.39 is 8.07 Å². The van der Waals surface area contributed by atoms with Gasteiger partial charge in [0.2, 0.25) is 0 Å². The lowest BCUT2D eigenvalue weighted by atomic mass is 9.89. The normalized spacial score (nSPS) is 11.8. The molecule has 0 aliphatic rings. The molecule has 0 atom stereocenters. The zero-order chi connectivity index (χ0) is 61.1. The van der Waals surface area contributed by atoms with E-state index in [0.29, 0.717) is 52.9 Å². The van der Waals surface area contributed by atoms with Crippen LogP contribution >= 0.6 is 0 Å². The summed E-state index contributed by atoms with van der Waals surface area (Å²) in [7, 11) is 10.9. The summed E-state index contributed by atoms with van der Waals surface area (Å²) in [5.74, 6) is 0. The van der Waals surface area contributed by atoms with Crippen molar-refractivity contribution in [2.24, 2.45) is 0 Å². The predicted molar refractivity (Wildman–Crippen MR) is 335 cm³/mol. The van der Waals surface area contributed by atoms with Crippen molar-refractivity contribution in [3.63, 3.8) is 0 Å².